The average Bonchev–Trinajstić information content (AvgIpc) is 2.62. The summed E-state index contributed by atoms with van der Waals surface area (Å²) in [5, 5.41) is 5.61. The molecule has 0 radical (unpaired) electrons. The molecular weight excluding hydrogens is 334 g/mol. The van der Waals surface area contributed by atoms with Crippen LogP contribution in [0.3, 0.4) is 0 Å². The fourth-order valence-electron chi connectivity index (χ4n) is 2.05. The number of methoxy groups -OCH3 is 2. The monoisotopic (exact) mass is 357 g/mol. The highest BCUT2D eigenvalue weighted by Crippen LogP contribution is 2.30. The van der Waals surface area contributed by atoms with Gasteiger partial charge in [0.15, 0.2) is 0 Å². The first-order valence-electron chi connectivity index (χ1n) is 8.05. The molecule has 7 nitrogen and oxygen atoms in total. The van der Waals surface area contributed by atoms with Crippen LogP contribution in [-0.4, -0.2) is 31.0 Å². The van der Waals surface area contributed by atoms with Gasteiger partial charge in [-0.2, -0.15) is 0 Å². The Balaban J connectivity index is 2.18. The van der Waals surface area contributed by atoms with Crippen LogP contribution in [0.1, 0.15) is 31.1 Å². The van der Waals surface area contributed by atoms with Crippen LogP contribution in [0, 0.1) is 5.41 Å². The Morgan fingerprint density at radius 1 is 1.00 bits per heavy atom. The Hall–Kier alpha value is -3.09. The fraction of sp³-hybridized carbons (Fsp3) is 0.316. The molecule has 138 valence electrons. The molecule has 0 aliphatic heterocycles. The van der Waals surface area contributed by atoms with Gasteiger partial charge in [-0.25, -0.2) is 4.98 Å². The SMILES string of the molecule is COc1cc(C(=O)Nc2ccc(NC(=O)C(C)(C)C)c(OC)c2)ccn1. The lowest BCUT2D eigenvalue weighted by atomic mass is 9.95. The maximum absolute atomic E-state index is 12.4. The molecule has 7 heteroatoms. The van der Waals surface area contributed by atoms with Crippen LogP contribution in [0.2, 0.25) is 0 Å². The summed E-state index contributed by atoms with van der Waals surface area (Å²) in [5.41, 5.74) is 0.964. The summed E-state index contributed by atoms with van der Waals surface area (Å²) in [4.78, 5) is 28.5. The molecule has 0 spiro atoms. The zero-order valence-electron chi connectivity index (χ0n) is 15.5. The summed E-state index contributed by atoms with van der Waals surface area (Å²) < 4.78 is 10.3. The molecule has 1 aromatic heterocycles. The van der Waals surface area contributed by atoms with Gasteiger partial charge in [-0.3, -0.25) is 9.59 Å². The van der Waals surface area contributed by atoms with Gasteiger partial charge < -0.3 is 20.1 Å². The molecule has 2 N–H and O–H groups in total. The van der Waals surface area contributed by atoms with Gasteiger partial charge in [0, 0.05) is 35.0 Å². The van der Waals surface area contributed by atoms with Crippen molar-refractivity contribution in [3.8, 4) is 11.6 Å². The van der Waals surface area contributed by atoms with Crippen LogP contribution >= 0.6 is 0 Å². The molecule has 2 rings (SSSR count). The van der Waals surface area contributed by atoms with Crippen molar-refractivity contribution in [1.29, 1.82) is 0 Å². The third-order valence-corrected chi connectivity index (χ3v) is 3.59. The topological polar surface area (TPSA) is 89.6 Å². The highest BCUT2D eigenvalue weighted by atomic mass is 16.5. The summed E-state index contributed by atoms with van der Waals surface area (Å²) in [6, 6.07) is 8.16. The Kier molecular flexibility index (Phi) is 5.82. The molecule has 0 fully saturated rings. The maximum atomic E-state index is 12.4. The van der Waals surface area contributed by atoms with Crippen molar-refractivity contribution in [3.05, 3.63) is 42.1 Å². The van der Waals surface area contributed by atoms with E-state index in [9.17, 15) is 9.59 Å². The highest BCUT2D eigenvalue weighted by molar-refractivity contribution is 6.05. The summed E-state index contributed by atoms with van der Waals surface area (Å²) in [6.07, 6.45) is 1.50. The first kappa shape index (κ1) is 19.2. The van der Waals surface area contributed by atoms with Gasteiger partial charge in [-0.15, -0.1) is 0 Å². The second-order valence-electron chi connectivity index (χ2n) is 6.66. The van der Waals surface area contributed by atoms with Gasteiger partial charge in [0.2, 0.25) is 11.8 Å². The lowest BCUT2D eigenvalue weighted by Crippen LogP contribution is -2.27. The van der Waals surface area contributed by atoms with E-state index in [1.165, 1.54) is 20.4 Å². The summed E-state index contributed by atoms with van der Waals surface area (Å²) in [7, 11) is 2.99. The Bertz CT molecular complexity index is 813. The van der Waals surface area contributed by atoms with Crippen molar-refractivity contribution in [2.45, 2.75) is 20.8 Å². The Labute approximate surface area is 152 Å². The number of pyridine rings is 1. The van der Waals surface area contributed by atoms with Gasteiger partial charge in [-0.05, 0) is 18.2 Å². The number of nitrogens with zero attached hydrogens (tertiary/aromatic N) is 1. The van der Waals surface area contributed by atoms with Gasteiger partial charge in [-0.1, -0.05) is 20.8 Å². The number of aromatic nitrogens is 1. The minimum atomic E-state index is -0.529. The summed E-state index contributed by atoms with van der Waals surface area (Å²) in [5.74, 6) is 0.374. The van der Waals surface area contributed by atoms with E-state index in [1.807, 2.05) is 20.8 Å². The van der Waals surface area contributed by atoms with Crippen molar-refractivity contribution in [2.75, 3.05) is 24.9 Å². The van der Waals surface area contributed by atoms with E-state index in [0.717, 1.165) is 0 Å². The number of benzene rings is 1. The largest absolute Gasteiger partial charge is 0.494 e. The smallest absolute Gasteiger partial charge is 0.255 e. The molecule has 0 saturated heterocycles. The Morgan fingerprint density at radius 3 is 2.35 bits per heavy atom. The molecular formula is C19H23N3O4. The number of carbonyl (C=O) groups excluding carboxylic acids is 2. The van der Waals surface area contributed by atoms with Crippen LogP contribution in [-0.2, 0) is 4.79 Å². The highest BCUT2D eigenvalue weighted by Gasteiger charge is 2.22. The van der Waals surface area contributed by atoms with Crippen LogP contribution in [0.5, 0.6) is 11.6 Å². The number of hydrogen-bond acceptors (Lipinski definition) is 5. The van der Waals surface area contributed by atoms with Crippen LogP contribution in [0.4, 0.5) is 11.4 Å². The number of ether oxygens (including phenoxy) is 2. The third kappa shape index (κ3) is 4.72. The molecule has 0 saturated carbocycles. The molecule has 2 amide bonds. The zero-order valence-corrected chi connectivity index (χ0v) is 15.5. The normalized spacial score (nSPS) is 10.8. The molecule has 0 unspecified atom stereocenters. The molecule has 0 aliphatic rings. The quantitative estimate of drug-likeness (QED) is 0.857. The number of rotatable bonds is 5. The second kappa shape index (κ2) is 7.86. The Morgan fingerprint density at radius 2 is 1.73 bits per heavy atom. The van der Waals surface area contributed by atoms with Crippen LogP contribution in [0.25, 0.3) is 0 Å². The van der Waals surface area contributed by atoms with Crippen LogP contribution in [0.15, 0.2) is 36.5 Å². The van der Waals surface area contributed by atoms with Gasteiger partial charge >= 0.3 is 0 Å². The van der Waals surface area contributed by atoms with E-state index in [-0.39, 0.29) is 11.8 Å². The number of amides is 2. The summed E-state index contributed by atoms with van der Waals surface area (Å²) in [6.45, 7) is 5.48. The molecule has 0 aliphatic carbocycles. The fourth-order valence-corrected chi connectivity index (χ4v) is 2.05. The van der Waals surface area contributed by atoms with E-state index < -0.39 is 5.41 Å². The second-order valence-corrected chi connectivity index (χ2v) is 6.66. The first-order valence-corrected chi connectivity index (χ1v) is 8.05. The number of anilines is 2. The minimum Gasteiger partial charge on any atom is -0.494 e. The zero-order chi connectivity index (χ0) is 19.3. The van der Waals surface area contributed by atoms with Gasteiger partial charge in [0.1, 0.15) is 5.75 Å². The predicted octanol–water partition coefficient (Wildman–Crippen LogP) is 3.34. The van der Waals surface area contributed by atoms with Crippen LogP contribution < -0.4 is 20.1 Å². The predicted molar refractivity (Wildman–Crippen MR) is 99.8 cm³/mol. The first-order chi connectivity index (χ1) is 12.2. The van der Waals surface area contributed by atoms with Crippen molar-refractivity contribution < 1.29 is 19.1 Å². The van der Waals surface area contributed by atoms with E-state index in [4.69, 9.17) is 9.47 Å². The van der Waals surface area contributed by atoms with Crippen molar-refractivity contribution >= 4 is 23.2 Å². The number of nitrogens with one attached hydrogen (secondary N) is 2. The van der Waals surface area contributed by atoms with E-state index in [2.05, 4.69) is 15.6 Å². The number of hydrogen-bond donors (Lipinski definition) is 2. The van der Waals surface area contributed by atoms with Gasteiger partial charge in [0.05, 0.1) is 19.9 Å². The maximum Gasteiger partial charge on any atom is 0.255 e. The van der Waals surface area contributed by atoms with Crippen molar-refractivity contribution in [2.24, 2.45) is 5.41 Å². The molecule has 0 bridgehead atoms. The van der Waals surface area contributed by atoms with Gasteiger partial charge in [0.25, 0.3) is 5.91 Å². The summed E-state index contributed by atoms with van der Waals surface area (Å²) >= 11 is 0. The molecule has 1 aromatic carbocycles. The average molecular weight is 357 g/mol. The van der Waals surface area contributed by atoms with E-state index in [1.54, 1.807) is 30.3 Å². The van der Waals surface area contributed by atoms with E-state index >= 15 is 0 Å². The standard InChI is InChI=1S/C19H23N3O4/c1-19(2,3)18(24)22-14-7-6-13(11-15(14)25-4)21-17(23)12-8-9-20-16(10-12)26-5/h6-11H,1-5H3,(H,21,23)(H,22,24). The lowest BCUT2D eigenvalue weighted by Gasteiger charge is -2.19. The van der Waals surface area contributed by atoms with Crippen molar-refractivity contribution in [1.82, 2.24) is 4.98 Å². The minimum absolute atomic E-state index is 0.128. The molecule has 1 heterocycles. The van der Waals surface area contributed by atoms with E-state index in [0.29, 0.717) is 28.6 Å². The molecule has 2 aromatic rings. The molecule has 26 heavy (non-hydrogen) atoms. The van der Waals surface area contributed by atoms with Crippen molar-refractivity contribution in [3.63, 3.8) is 0 Å². The molecule has 0 atom stereocenters. The number of carbonyl (C=O) groups is 2. The lowest BCUT2D eigenvalue weighted by molar-refractivity contribution is -0.123. The third-order valence-electron chi connectivity index (χ3n) is 3.59.